The Morgan fingerprint density at radius 1 is 1.10 bits per heavy atom. The van der Waals surface area contributed by atoms with E-state index in [0.29, 0.717) is 11.9 Å². The molecule has 0 aliphatic carbocycles. The normalized spacial score (nSPS) is 11.0. The van der Waals surface area contributed by atoms with Crippen LogP contribution in [0.4, 0.5) is 0 Å². The molecule has 0 radical (unpaired) electrons. The molecule has 0 saturated heterocycles. The number of halogens is 1. The molecule has 0 spiro atoms. The first kappa shape index (κ1) is 13.6. The SMILES string of the molecule is CCc1cc(CC)n(-c2nc(Cl)nc(-n3cncn3)n2)n1. The van der Waals surface area contributed by atoms with Gasteiger partial charge in [0.25, 0.3) is 11.9 Å². The van der Waals surface area contributed by atoms with Gasteiger partial charge >= 0.3 is 0 Å². The van der Waals surface area contributed by atoms with E-state index >= 15 is 0 Å². The lowest BCUT2D eigenvalue weighted by molar-refractivity contribution is 0.713. The molecule has 21 heavy (non-hydrogen) atoms. The number of hydrogen-bond acceptors (Lipinski definition) is 6. The fraction of sp³-hybridized carbons (Fsp3) is 0.333. The quantitative estimate of drug-likeness (QED) is 0.724. The van der Waals surface area contributed by atoms with E-state index in [1.807, 2.05) is 19.9 Å². The van der Waals surface area contributed by atoms with E-state index in [1.54, 1.807) is 4.68 Å². The summed E-state index contributed by atoms with van der Waals surface area (Å²) in [5.74, 6) is 0.676. The topological polar surface area (TPSA) is 87.2 Å². The first-order chi connectivity index (χ1) is 10.2. The van der Waals surface area contributed by atoms with Gasteiger partial charge in [-0.05, 0) is 30.5 Å². The third kappa shape index (κ3) is 2.62. The van der Waals surface area contributed by atoms with Crippen molar-refractivity contribution in [2.24, 2.45) is 0 Å². The predicted molar refractivity (Wildman–Crippen MR) is 75.6 cm³/mol. The second kappa shape index (κ2) is 5.57. The van der Waals surface area contributed by atoms with E-state index in [1.165, 1.54) is 17.3 Å². The molecule has 108 valence electrons. The zero-order chi connectivity index (χ0) is 14.8. The van der Waals surface area contributed by atoms with Crippen molar-refractivity contribution in [1.29, 1.82) is 0 Å². The van der Waals surface area contributed by atoms with Crippen molar-refractivity contribution in [1.82, 2.24) is 39.5 Å². The Morgan fingerprint density at radius 2 is 1.90 bits per heavy atom. The van der Waals surface area contributed by atoms with Crippen molar-refractivity contribution < 1.29 is 0 Å². The molecule has 3 aromatic heterocycles. The third-order valence-corrected chi connectivity index (χ3v) is 3.12. The summed E-state index contributed by atoms with van der Waals surface area (Å²) < 4.78 is 3.11. The van der Waals surface area contributed by atoms with Crippen molar-refractivity contribution in [3.8, 4) is 11.9 Å². The van der Waals surface area contributed by atoms with Gasteiger partial charge < -0.3 is 0 Å². The van der Waals surface area contributed by atoms with Gasteiger partial charge in [0.2, 0.25) is 5.28 Å². The molecule has 0 aliphatic heterocycles. The van der Waals surface area contributed by atoms with E-state index in [0.717, 1.165) is 24.2 Å². The van der Waals surface area contributed by atoms with E-state index in [-0.39, 0.29) is 5.28 Å². The summed E-state index contributed by atoms with van der Waals surface area (Å²) in [6.45, 7) is 4.10. The predicted octanol–water partition coefficient (Wildman–Crippen LogP) is 1.42. The van der Waals surface area contributed by atoms with Crippen LogP contribution < -0.4 is 0 Å². The van der Waals surface area contributed by atoms with Crippen LogP contribution in [0.5, 0.6) is 0 Å². The van der Waals surface area contributed by atoms with Gasteiger partial charge in [-0.2, -0.15) is 29.8 Å². The minimum Gasteiger partial charge on any atom is -0.223 e. The summed E-state index contributed by atoms with van der Waals surface area (Å²) in [6.07, 6.45) is 4.55. The average Bonchev–Trinajstić information content (AvgIpc) is 3.15. The fourth-order valence-corrected chi connectivity index (χ4v) is 2.06. The lowest BCUT2D eigenvalue weighted by atomic mass is 10.3. The maximum atomic E-state index is 5.99. The molecule has 3 rings (SSSR count). The largest absolute Gasteiger partial charge is 0.258 e. The van der Waals surface area contributed by atoms with E-state index in [9.17, 15) is 0 Å². The fourth-order valence-electron chi connectivity index (χ4n) is 1.91. The number of aryl methyl sites for hydroxylation is 2. The number of aromatic nitrogens is 8. The van der Waals surface area contributed by atoms with Crippen LogP contribution in [0.2, 0.25) is 5.28 Å². The lowest BCUT2D eigenvalue weighted by Crippen LogP contribution is -2.12. The van der Waals surface area contributed by atoms with E-state index in [4.69, 9.17) is 11.6 Å². The first-order valence-corrected chi connectivity index (χ1v) is 6.93. The van der Waals surface area contributed by atoms with Crippen LogP contribution in [-0.2, 0) is 12.8 Å². The summed E-state index contributed by atoms with van der Waals surface area (Å²) in [5, 5.41) is 8.57. The van der Waals surface area contributed by atoms with Crippen LogP contribution >= 0.6 is 11.6 Å². The number of rotatable bonds is 4. The van der Waals surface area contributed by atoms with Gasteiger partial charge in [0.15, 0.2) is 0 Å². The molecule has 0 unspecified atom stereocenters. The molecule has 3 aromatic rings. The Hall–Kier alpha value is -2.35. The molecule has 8 nitrogen and oxygen atoms in total. The highest BCUT2D eigenvalue weighted by Crippen LogP contribution is 2.13. The Bertz CT molecular complexity index is 749. The third-order valence-electron chi connectivity index (χ3n) is 2.96. The Balaban J connectivity index is 2.12. The maximum Gasteiger partial charge on any atom is 0.258 e. The van der Waals surface area contributed by atoms with Crippen LogP contribution in [0.25, 0.3) is 11.9 Å². The van der Waals surface area contributed by atoms with Crippen LogP contribution in [0.1, 0.15) is 25.2 Å². The summed E-state index contributed by atoms with van der Waals surface area (Å²) in [5.41, 5.74) is 1.99. The minimum atomic E-state index is 0.0844. The van der Waals surface area contributed by atoms with Crippen molar-refractivity contribution in [2.75, 3.05) is 0 Å². The smallest absolute Gasteiger partial charge is 0.223 e. The van der Waals surface area contributed by atoms with E-state index in [2.05, 4.69) is 30.1 Å². The van der Waals surface area contributed by atoms with Crippen molar-refractivity contribution in [3.05, 3.63) is 35.4 Å². The maximum absolute atomic E-state index is 5.99. The van der Waals surface area contributed by atoms with Gasteiger partial charge in [0, 0.05) is 5.69 Å². The molecule has 0 aromatic carbocycles. The van der Waals surface area contributed by atoms with Gasteiger partial charge in [-0.25, -0.2) is 9.67 Å². The molecule has 3 heterocycles. The molecular weight excluding hydrogens is 292 g/mol. The van der Waals surface area contributed by atoms with Crippen molar-refractivity contribution in [3.63, 3.8) is 0 Å². The molecule has 0 N–H and O–H groups in total. The first-order valence-electron chi connectivity index (χ1n) is 6.56. The second-order valence-corrected chi connectivity index (χ2v) is 4.63. The number of hydrogen-bond donors (Lipinski definition) is 0. The summed E-state index contributed by atoms with van der Waals surface area (Å²) in [4.78, 5) is 16.4. The highest BCUT2D eigenvalue weighted by atomic mass is 35.5. The van der Waals surface area contributed by atoms with Crippen molar-refractivity contribution in [2.45, 2.75) is 26.7 Å². The van der Waals surface area contributed by atoms with Gasteiger partial charge in [-0.3, -0.25) is 0 Å². The minimum absolute atomic E-state index is 0.0844. The molecule has 0 aliphatic rings. The summed E-state index contributed by atoms with van der Waals surface area (Å²) in [7, 11) is 0. The number of nitrogens with zero attached hydrogens (tertiary/aromatic N) is 8. The molecule has 0 bridgehead atoms. The van der Waals surface area contributed by atoms with E-state index < -0.39 is 0 Å². The van der Waals surface area contributed by atoms with Gasteiger partial charge in [0.05, 0.1) is 5.69 Å². The van der Waals surface area contributed by atoms with Crippen molar-refractivity contribution >= 4 is 11.6 Å². The van der Waals surface area contributed by atoms with Crippen LogP contribution in [-0.4, -0.2) is 39.5 Å². The molecule has 0 amide bonds. The standard InChI is InChI=1S/C12H13ClN8/c1-3-8-5-9(4-2)21(19-8)12-17-10(13)16-11(18-12)20-7-14-6-15-20/h5-7H,3-4H2,1-2H3. The second-order valence-electron chi connectivity index (χ2n) is 4.29. The monoisotopic (exact) mass is 304 g/mol. The lowest BCUT2D eigenvalue weighted by Gasteiger charge is -2.06. The summed E-state index contributed by atoms with van der Waals surface area (Å²) >= 11 is 5.99. The van der Waals surface area contributed by atoms with Crippen LogP contribution in [0.3, 0.4) is 0 Å². The zero-order valence-corrected chi connectivity index (χ0v) is 12.4. The van der Waals surface area contributed by atoms with Crippen LogP contribution in [0.15, 0.2) is 18.7 Å². The average molecular weight is 305 g/mol. The molecule has 0 atom stereocenters. The molecule has 9 heteroatoms. The molecule has 0 saturated carbocycles. The Morgan fingerprint density at radius 3 is 2.57 bits per heavy atom. The highest BCUT2D eigenvalue weighted by molar-refractivity contribution is 6.28. The molecular formula is C12H13ClN8. The Kier molecular flexibility index (Phi) is 3.61. The summed E-state index contributed by atoms with van der Waals surface area (Å²) in [6, 6.07) is 2.03. The van der Waals surface area contributed by atoms with Gasteiger partial charge in [-0.15, -0.1) is 0 Å². The van der Waals surface area contributed by atoms with Gasteiger partial charge in [-0.1, -0.05) is 13.8 Å². The van der Waals surface area contributed by atoms with Crippen LogP contribution in [0, 0.1) is 0 Å². The molecule has 0 fully saturated rings. The zero-order valence-electron chi connectivity index (χ0n) is 11.6. The highest BCUT2D eigenvalue weighted by Gasteiger charge is 2.13. The van der Waals surface area contributed by atoms with Gasteiger partial charge in [0.1, 0.15) is 12.7 Å². The Labute approximate surface area is 125 Å².